The monoisotopic (exact) mass is 337 g/mol. The third-order valence-corrected chi connectivity index (χ3v) is 3.34. The topological polar surface area (TPSA) is 29.1 Å². The van der Waals surface area contributed by atoms with Crippen LogP contribution in [0.15, 0.2) is 12.1 Å². The number of amides is 1. The highest BCUT2D eigenvalue weighted by Crippen LogP contribution is 2.16. The Bertz CT molecular complexity index is 465. The summed E-state index contributed by atoms with van der Waals surface area (Å²) < 4.78 is 39.3. The van der Waals surface area contributed by atoms with E-state index in [0.717, 1.165) is 12.1 Å². The van der Waals surface area contributed by atoms with Crippen LogP contribution in [0.1, 0.15) is 30.6 Å². The van der Waals surface area contributed by atoms with E-state index in [1.807, 2.05) is 13.8 Å². The van der Waals surface area contributed by atoms with Crippen LogP contribution in [-0.2, 0) is 0 Å². The van der Waals surface area contributed by atoms with Gasteiger partial charge in [0.15, 0.2) is 17.5 Å². The van der Waals surface area contributed by atoms with Crippen LogP contribution < -0.4 is 5.32 Å². The van der Waals surface area contributed by atoms with Crippen LogP contribution in [-0.4, -0.2) is 17.3 Å². The lowest BCUT2D eigenvalue weighted by Crippen LogP contribution is -2.37. The van der Waals surface area contributed by atoms with Gasteiger partial charge in [0.05, 0.1) is 5.56 Å². The van der Waals surface area contributed by atoms with E-state index in [0.29, 0.717) is 17.7 Å². The van der Waals surface area contributed by atoms with Gasteiger partial charge in [0, 0.05) is 11.4 Å². The van der Waals surface area contributed by atoms with Gasteiger partial charge >= 0.3 is 0 Å². The summed E-state index contributed by atoms with van der Waals surface area (Å²) in [7, 11) is 0. The average Bonchev–Trinajstić information content (AvgIpc) is 2.34. The van der Waals surface area contributed by atoms with Crippen LogP contribution in [0.4, 0.5) is 13.2 Å². The van der Waals surface area contributed by atoms with Crippen LogP contribution in [0.3, 0.4) is 0 Å². The Kier molecular flexibility index (Phi) is 5.85. The second-order valence-electron chi connectivity index (χ2n) is 4.68. The number of rotatable bonds is 5. The van der Waals surface area contributed by atoms with Crippen molar-refractivity contribution in [1.29, 1.82) is 0 Å². The molecule has 1 N–H and O–H groups in total. The standard InChI is InChI=1S/C13H15BrF3NO/c1-7(2)5-8(6-14)18-13(19)9-3-4-10(15)12(17)11(9)16/h3-4,7-8H,5-6H2,1-2H3,(H,18,19). The molecule has 1 aromatic rings. The van der Waals surface area contributed by atoms with E-state index < -0.39 is 28.9 Å². The summed E-state index contributed by atoms with van der Waals surface area (Å²) in [4.78, 5) is 11.8. The van der Waals surface area contributed by atoms with Gasteiger partial charge in [-0.05, 0) is 24.5 Å². The zero-order chi connectivity index (χ0) is 14.6. The minimum absolute atomic E-state index is 0.194. The first-order valence-electron chi connectivity index (χ1n) is 5.87. The maximum atomic E-state index is 13.4. The summed E-state index contributed by atoms with van der Waals surface area (Å²) in [6.45, 7) is 3.97. The fourth-order valence-electron chi connectivity index (χ4n) is 1.69. The highest BCUT2D eigenvalue weighted by molar-refractivity contribution is 9.09. The zero-order valence-corrected chi connectivity index (χ0v) is 12.2. The molecule has 0 fully saturated rings. The molecule has 0 saturated heterocycles. The SMILES string of the molecule is CC(C)CC(CBr)NC(=O)c1ccc(F)c(F)c1F. The van der Waals surface area contributed by atoms with Crippen LogP contribution in [0.5, 0.6) is 0 Å². The number of carbonyl (C=O) groups excluding carboxylic acids is 1. The Morgan fingerprint density at radius 1 is 1.26 bits per heavy atom. The number of carbonyl (C=O) groups is 1. The second kappa shape index (κ2) is 6.93. The third kappa shape index (κ3) is 4.23. The van der Waals surface area contributed by atoms with E-state index in [-0.39, 0.29) is 6.04 Å². The first-order valence-corrected chi connectivity index (χ1v) is 6.99. The fraction of sp³-hybridized carbons (Fsp3) is 0.462. The van der Waals surface area contributed by atoms with Gasteiger partial charge in [0.25, 0.3) is 5.91 Å². The summed E-state index contributed by atoms with van der Waals surface area (Å²) in [5.41, 5.74) is -0.492. The largest absolute Gasteiger partial charge is 0.348 e. The number of nitrogens with one attached hydrogen (secondary N) is 1. The van der Waals surface area contributed by atoms with Crippen molar-refractivity contribution >= 4 is 21.8 Å². The summed E-state index contributed by atoms with van der Waals surface area (Å²) >= 11 is 3.25. The summed E-state index contributed by atoms with van der Waals surface area (Å²) in [6, 6.07) is 1.47. The number of benzene rings is 1. The van der Waals surface area contributed by atoms with Crippen LogP contribution >= 0.6 is 15.9 Å². The predicted octanol–water partition coefficient (Wildman–Crippen LogP) is 3.64. The molecule has 0 heterocycles. The van der Waals surface area contributed by atoms with Gasteiger partial charge in [-0.2, -0.15) is 0 Å². The highest BCUT2D eigenvalue weighted by atomic mass is 79.9. The molecule has 1 amide bonds. The van der Waals surface area contributed by atoms with Crippen molar-refractivity contribution in [3.05, 3.63) is 35.1 Å². The Morgan fingerprint density at radius 2 is 1.89 bits per heavy atom. The van der Waals surface area contributed by atoms with Gasteiger partial charge in [0.2, 0.25) is 0 Å². The lowest BCUT2D eigenvalue weighted by Gasteiger charge is -2.18. The summed E-state index contributed by atoms with van der Waals surface area (Å²) in [5.74, 6) is -4.81. The lowest BCUT2D eigenvalue weighted by molar-refractivity contribution is 0.0932. The molecule has 6 heteroatoms. The van der Waals surface area contributed by atoms with Crippen molar-refractivity contribution in [3.63, 3.8) is 0 Å². The third-order valence-electron chi connectivity index (χ3n) is 2.56. The Hall–Kier alpha value is -1.04. The fourth-order valence-corrected chi connectivity index (χ4v) is 2.12. The van der Waals surface area contributed by atoms with Gasteiger partial charge in [-0.25, -0.2) is 13.2 Å². The first kappa shape index (κ1) is 16.0. The molecule has 0 spiro atoms. The number of halogens is 4. The maximum absolute atomic E-state index is 13.4. The minimum atomic E-state index is -1.63. The molecule has 0 aliphatic carbocycles. The number of alkyl halides is 1. The minimum Gasteiger partial charge on any atom is -0.348 e. The highest BCUT2D eigenvalue weighted by Gasteiger charge is 2.21. The van der Waals surface area contributed by atoms with Gasteiger partial charge in [-0.15, -0.1) is 0 Å². The van der Waals surface area contributed by atoms with E-state index in [1.165, 1.54) is 0 Å². The van der Waals surface area contributed by atoms with Crippen molar-refractivity contribution in [3.8, 4) is 0 Å². The van der Waals surface area contributed by atoms with Crippen molar-refractivity contribution in [1.82, 2.24) is 5.32 Å². The first-order chi connectivity index (χ1) is 8.86. The molecule has 1 rings (SSSR count). The smallest absolute Gasteiger partial charge is 0.254 e. The Balaban J connectivity index is 2.86. The molecule has 0 radical (unpaired) electrons. The van der Waals surface area contributed by atoms with Crippen LogP contribution in [0.25, 0.3) is 0 Å². The van der Waals surface area contributed by atoms with E-state index in [1.54, 1.807) is 0 Å². The average molecular weight is 338 g/mol. The quantitative estimate of drug-likeness (QED) is 0.645. The van der Waals surface area contributed by atoms with Gasteiger partial charge in [-0.3, -0.25) is 4.79 Å². The molecule has 0 aliphatic heterocycles. The molecule has 0 aromatic heterocycles. The van der Waals surface area contributed by atoms with Crippen LogP contribution in [0, 0.1) is 23.4 Å². The molecule has 19 heavy (non-hydrogen) atoms. The molecule has 1 aromatic carbocycles. The van der Waals surface area contributed by atoms with Crippen LogP contribution in [0.2, 0.25) is 0 Å². The van der Waals surface area contributed by atoms with Gasteiger partial charge in [-0.1, -0.05) is 29.8 Å². The van der Waals surface area contributed by atoms with Gasteiger partial charge < -0.3 is 5.32 Å². The van der Waals surface area contributed by atoms with E-state index in [4.69, 9.17) is 0 Å². The molecule has 0 saturated carbocycles. The molecule has 1 unspecified atom stereocenters. The molecular formula is C13H15BrF3NO. The molecule has 0 bridgehead atoms. The Morgan fingerprint density at radius 3 is 2.42 bits per heavy atom. The molecule has 106 valence electrons. The maximum Gasteiger partial charge on any atom is 0.254 e. The van der Waals surface area contributed by atoms with E-state index >= 15 is 0 Å². The van der Waals surface area contributed by atoms with Crippen molar-refractivity contribution in [2.24, 2.45) is 5.92 Å². The Labute approximate surface area is 118 Å². The molecular weight excluding hydrogens is 323 g/mol. The van der Waals surface area contributed by atoms with Crippen molar-refractivity contribution in [2.45, 2.75) is 26.3 Å². The number of hydrogen-bond acceptors (Lipinski definition) is 1. The van der Waals surface area contributed by atoms with E-state index in [9.17, 15) is 18.0 Å². The predicted molar refractivity (Wildman–Crippen MR) is 70.8 cm³/mol. The summed E-state index contributed by atoms with van der Waals surface area (Å²) in [6.07, 6.45) is 0.697. The summed E-state index contributed by atoms with van der Waals surface area (Å²) in [5, 5.41) is 3.09. The molecule has 2 nitrogen and oxygen atoms in total. The lowest BCUT2D eigenvalue weighted by atomic mass is 10.0. The number of hydrogen-bond donors (Lipinski definition) is 1. The second-order valence-corrected chi connectivity index (χ2v) is 5.32. The van der Waals surface area contributed by atoms with Crippen molar-refractivity contribution in [2.75, 3.05) is 5.33 Å². The van der Waals surface area contributed by atoms with Crippen molar-refractivity contribution < 1.29 is 18.0 Å². The molecule has 0 aliphatic rings. The molecule has 1 atom stereocenters. The van der Waals surface area contributed by atoms with E-state index in [2.05, 4.69) is 21.2 Å². The zero-order valence-electron chi connectivity index (χ0n) is 10.6. The van der Waals surface area contributed by atoms with Gasteiger partial charge in [0.1, 0.15) is 0 Å². The normalized spacial score (nSPS) is 12.6.